The average molecular weight is 304 g/mol. The second-order valence-electron chi connectivity index (χ2n) is 5.20. The van der Waals surface area contributed by atoms with Gasteiger partial charge >= 0.3 is 0 Å². The van der Waals surface area contributed by atoms with Crippen molar-refractivity contribution in [3.05, 3.63) is 58.6 Å². The van der Waals surface area contributed by atoms with Crippen LogP contribution in [0.5, 0.6) is 11.5 Å². The van der Waals surface area contributed by atoms with Crippen molar-refractivity contribution in [1.82, 2.24) is 5.32 Å². The fourth-order valence-corrected chi connectivity index (χ4v) is 2.53. The molecule has 2 rings (SSSR count). The molecule has 112 valence electrons. The Balaban J connectivity index is 2.37. The van der Waals surface area contributed by atoms with Crippen LogP contribution in [0.4, 0.5) is 0 Å². The molecule has 1 atom stereocenters. The van der Waals surface area contributed by atoms with Gasteiger partial charge in [0.1, 0.15) is 11.5 Å². The summed E-state index contributed by atoms with van der Waals surface area (Å²) in [5.41, 5.74) is 2.22. The molecule has 0 aliphatic carbocycles. The monoisotopic (exact) mass is 303 g/mol. The van der Waals surface area contributed by atoms with Crippen molar-refractivity contribution in [1.29, 1.82) is 0 Å². The smallest absolute Gasteiger partial charge is 0.133 e. The molecule has 0 aromatic heterocycles. The van der Waals surface area contributed by atoms with E-state index in [0.717, 1.165) is 28.5 Å². The number of halogens is 1. The van der Waals surface area contributed by atoms with Crippen LogP contribution in [-0.4, -0.2) is 7.05 Å². The van der Waals surface area contributed by atoms with Crippen LogP contribution in [0.25, 0.3) is 0 Å². The Kier molecular flexibility index (Phi) is 5.66. The molecule has 0 spiro atoms. The predicted molar refractivity (Wildman–Crippen MR) is 89.4 cm³/mol. The Labute approximate surface area is 132 Å². The number of para-hydroxylation sites is 1. The summed E-state index contributed by atoms with van der Waals surface area (Å²) in [5.74, 6) is 2.19. The van der Waals surface area contributed by atoms with Gasteiger partial charge in [-0.25, -0.2) is 0 Å². The Morgan fingerprint density at radius 2 is 1.81 bits per heavy atom. The van der Waals surface area contributed by atoms with Crippen molar-refractivity contribution in [2.75, 3.05) is 7.05 Å². The molecule has 0 saturated carbocycles. The summed E-state index contributed by atoms with van der Waals surface area (Å²) in [6.07, 6.45) is 1.08. The molecule has 2 nitrogen and oxygen atoms in total. The molecule has 3 heteroatoms. The maximum absolute atomic E-state index is 6.28. The Morgan fingerprint density at radius 1 is 1.10 bits per heavy atom. The van der Waals surface area contributed by atoms with Crippen LogP contribution in [0.15, 0.2) is 42.5 Å². The fourth-order valence-electron chi connectivity index (χ4n) is 2.30. The van der Waals surface area contributed by atoms with E-state index < -0.39 is 0 Å². The van der Waals surface area contributed by atoms with Crippen LogP contribution >= 0.6 is 11.6 Å². The molecule has 0 bridgehead atoms. The first kappa shape index (κ1) is 15.9. The van der Waals surface area contributed by atoms with Crippen LogP contribution < -0.4 is 10.1 Å². The van der Waals surface area contributed by atoms with Gasteiger partial charge in [-0.15, -0.1) is 0 Å². The van der Waals surface area contributed by atoms with Crippen molar-refractivity contribution in [2.45, 2.75) is 32.7 Å². The van der Waals surface area contributed by atoms with E-state index in [1.807, 2.05) is 37.4 Å². The van der Waals surface area contributed by atoms with Crippen LogP contribution in [0, 0.1) is 0 Å². The van der Waals surface area contributed by atoms with Crippen LogP contribution in [0.2, 0.25) is 5.02 Å². The van der Waals surface area contributed by atoms with Crippen LogP contribution in [0.1, 0.15) is 37.3 Å². The first-order valence-corrected chi connectivity index (χ1v) is 7.74. The molecule has 0 heterocycles. The lowest BCUT2D eigenvalue weighted by atomic mass is 9.98. The highest BCUT2D eigenvalue weighted by molar-refractivity contribution is 6.31. The Bertz CT molecular complexity index is 598. The molecular weight excluding hydrogens is 282 g/mol. The van der Waals surface area contributed by atoms with Gasteiger partial charge in [0.15, 0.2) is 0 Å². The molecule has 2 aromatic carbocycles. The molecule has 1 unspecified atom stereocenters. The summed E-state index contributed by atoms with van der Waals surface area (Å²) in [5, 5.41) is 3.86. The summed E-state index contributed by atoms with van der Waals surface area (Å²) in [6.45, 7) is 5.09. The van der Waals surface area contributed by atoms with Crippen molar-refractivity contribution in [2.24, 2.45) is 0 Å². The topological polar surface area (TPSA) is 21.3 Å². The summed E-state index contributed by atoms with van der Waals surface area (Å²) < 4.78 is 6.17. The predicted octanol–water partition coefficient (Wildman–Crippen LogP) is 5.37. The van der Waals surface area contributed by atoms with Crippen molar-refractivity contribution < 1.29 is 4.74 Å². The highest BCUT2D eigenvalue weighted by Gasteiger charge is 2.13. The second kappa shape index (κ2) is 7.48. The van der Waals surface area contributed by atoms with E-state index >= 15 is 0 Å². The van der Waals surface area contributed by atoms with Gasteiger partial charge in [0.2, 0.25) is 0 Å². The minimum absolute atomic E-state index is 0.466. The third-order valence-corrected chi connectivity index (χ3v) is 4.07. The molecular formula is C18H22ClNO. The maximum atomic E-state index is 6.28. The number of hydrogen-bond donors (Lipinski definition) is 1. The quantitative estimate of drug-likeness (QED) is 0.775. The lowest BCUT2D eigenvalue weighted by Gasteiger charge is -2.17. The second-order valence-corrected chi connectivity index (χ2v) is 5.60. The van der Waals surface area contributed by atoms with Crippen molar-refractivity contribution >= 4 is 11.6 Å². The standard InChI is InChI=1S/C18H22ClNO/c1-4-13(2)14-8-5-6-10-17(14)21-18-11-7-9-16(19)15(18)12-20-3/h5-11,13,20H,4,12H2,1-3H3. The van der Waals surface area contributed by atoms with Gasteiger partial charge in [-0.05, 0) is 43.1 Å². The van der Waals surface area contributed by atoms with Gasteiger partial charge in [0.25, 0.3) is 0 Å². The lowest BCUT2D eigenvalue weighted by Crippen LogP contribution is -2.07. The largest absolute Gasteiger partial charge is 0.457 e. The third kappa shape index (κ3) is 3.78. The zero-order valence-corrected chi connectivity index (χ0v) is 13.6. The molecule has 0 amide bonds. The zero-order chi connectivity index (χ0) is 15.2. The maximum Gasteiger partial charge on any atom is 0.133 e. The van der Waals surface area contributed by atoms with E-state index in [4.69, 9.17) is 16.3 Å². The van der Waals surface area contributed by atoms with Crippen LogP contribution in [0.3, 0.4) is 0 Å². The Hall–Kier alpha value is -1.51. The molecule has 0 saturated heterocycles. The van der Waals surface area contributed by atoms with E-state index in [2.05, 4.69) is 31.3 Å². The number of benzene rings is 2. The first-order chi connectivity index (χ1) is 10.2. The lowest BCUT2D eigenvalue weighted by molar-refractivity contribution is 0.463. The molecule has 0 fully saturated rings. The number of hydrogen-bond acceptors (Lipinski definition) is 2. The third-order valence-electron chi connectivity index (χ3n) is 3.71. The summed E-state index contributed by atoms with van der Waals surface area (Å²) in [7, 11) is 1.90. The molecule has 1 N–H and O–H groups in total. The molecule has 0 aliphatic rings. The SMILES string of the molecule is CCC(C)c1ccccc1Oc1cccc(Cl)c1CNC. The number of nitrogens with one attached hydrogen (secondary N) is 1. The van der Waals surface area contributed by atoms with Crippen LogP contribution in [-0.2, 0) is 6.54 Å². The van der Waals surface area contributed by atoms with Gasteiger partial charge in [-0.2, -0.15) is 0 Å². The highest BCUT2D eigenvalue weighted by Crippen LogP contribution is 2.35. The van der Waals surface area contributed by atoms with Gasteiger partial charge in [0, 0.05) is 17.1 Å². The van der Waals surface area contributed by atoms with Gasteiger partial charge in [-0.1, -0.05) is 49.7 Å². The van der Waals surface area contributed by atoms with E-state index in [9.17, 15) is 0 Å². The molecule has 0 radical (unpaired) electrons. The van der Waals surface area contributed by atoms with Gasteiger partial charge in [0.05, 0.1) is 0 Å². The zero-order valence-electron chi connectivity index (χ0n) is 12.8. The van der Waals surface area contributed by atoms with E-state index in [1.165, 1.54) is 5.56 Å². The van der Waals surface area contributed by atoms with E-state index in [0.29, 0.717) is 12.5 Å². The summed E-state index contributed by atoms with van der Waals surface area (Å²) in [6, 6.07) is 14.0. The molecule has 2 aromatic rings. The minimum atomic E-state index is 0.466. The Morgan fingerprint density at radius 3 is 2.52 bits per heavy atom. The summed E-state index contributed by atoms with van der Waals surface area (Å²) in [4.78, 5) is 0. The van der Waals surface area contributed by atoms with Crippen molar-refractivity contribution in [3.63, 3.8) is 0 Å². The number of rotatable bonds is 6. The average Bonchev–Trinajstić information content (AvgIpc) is 2.50. The first-order valence-electron chi connectivity index (χ1n) is 7.36. The van der Waals surface area contributed by atoms with Gasteiger partial charge in [-0.3, -0.25) is 0 Å². The normalized spacial score (nSPS) is 12.2. The van der Waals surface area contributed by atoms with E-state index in [1.54, 1.807) is 0 Å². The van der Waals surface area contributed by atoms with Gasteiger partial charge < -0.3 is 10.1 Å². The van der Waals surface area contributed by atoms with E-state index in [-0.39, 0.29) is 0 Å². The highest BCUT2D eigenvalue weighted by atomic mass is 35.5. The van der Waals surface area contributed by atoms with Crippen molar-refractivity contribution in [3.8, 4) is 11.5 Å². The molecule has 21 heavy (non-hydrogen) atoms. The summed E-state index contributed by atoms with van der Waals surface area (Å²) >= 11 is 6.28. The molecule has 0 aliphatic heterocycles. The number of ether oxygens (including phenoxy) is 1. The fraction of sp³-hybridized carbons (Fsp3) is 0.333. The minimum Gasteiger partial charge on any atom is -0.457 e.